The molecule has 2 amide bonds. The topological polar surface area (TPSA) is 128 Å². The number of aliphatic imine (C=N–C) groups is 2. The number of benzene rings is 2. The molecule has 3 aromatic rings. The summed E-state index contributed by atoms with van der Waals surface area (Å²) in [4.78, 5) is 47.6. The molecule has 5 heterocycles. The van der Waals surface area contributed by atoms with Crippen LogP contribution in [0.15, 0.2) is 69.7 Å². The van der Waals surface area contributed by atoms with Gasteiger partial charge in [-0.15, -0.1) is 0 Å². The van der Waals surface area contributed by atoms with Crippen molar-refractivity contribution in [2.24, 2.45) is 9.98 Å². The Labute approximate surface area is 360 Å². The van der Waals surface area contributed by atoms with Crippen molar-refractivity contribution in [1.82, 2.24) is 19.7 Å². The number of likely N-dealkylation sites (N-methyl/N-ethyl adjacent to an activating group) is 1. The summed E-state index contributed by atoms with van der Waals surface area (Å²) in [5.41, 5.74) is 5.61. The van der Waals surface area contributed by atoms with Gasteiger partial charge in [0, 0.05) is 67.6 Å². The van der Waals surface area contributed by atoms with Crippen molar-refractivity contribution in [1.29, 1.82) is 0 Å². The molecule has 2 aromatic carbocycles. The van der Waals surface area contributed by atoms with Crippen LogP contribution in [0.3, 0.4) is 0 Å². The van der Waals surface area contributed by atoms with Gasteiger partial charge in [-0.2, -0.15) is 0 Å². The van der Waals surface area contributed by atoms with E-state index in [9.17, 15) is 9.59 Å². The highest BCUT2D eigenvalue weighted by Crippen LogP contribution is 2.41. The molecule has 15 heteroatoms. The Bertz CT molecular complexity index is 2110. The second kappa shape index (κ2) is 18.7. The fraction of sp³-hybridized carbons (Fsp3) is 0.444. The highest BCUT2D eigenvalue weighted by Gasteiger charge is 2.36. The van der Waals surface area contributed by atoms with Crippen molar-refractivity contribution in [3.8, 4) is 28.7 Å². The van der Waals surface area contributed by atoms with Gasteiger partial charge < -0.3 is 38.4 Å². The van der Waals surface area contributed by atoms with Crippen molar-refractivity contribution >= 4 is 57.2 Å². The third kappa shape index (κ3) is 9.63. The summed E-state index contributed by atoms with van der Waals surface area (Å²) in [6.07, 6.45) is 11.5. The fourth-order valence-electron chi connectivity index (χ4n) is 7.98. The number of rotatable bonds is 16. The van der Waals surface area contributed by atoms with Crippen molar-refractivity contribution in [3.63, 3.8) is 0 Å². The third-order valence-electron chi connectivity index (χ3n) is 11.0. The smallest absolute Gasteiger partial charge is 0.257 e. The SMILES string of the molecule is C/C=C1\C[C@H]2C=Nc3cc(OCc4cc(OCCN(C)CC(C)(C)SSC)cc(COc5cc6c(cc5OC)C(=O)N5C/C(=C/C)C[C@H]5C=N6)n4)c(OC)cc3C(=O)N2C1. The minimum absolute atomic E-state index is 0.0714. The van der Waals surface area contributed by atoms with Crippen molar-refractivity contribution in [3.05, 3.63) is 82.2 Å². The van der Waals surface area contributed by atoms with Crippen LogP contribution >= 0.6 is 21.6 Å². The third-order valence-corrected chi connectivity index (χ3v) is 13.6. The summed E-state index contributed by atoms with van der Waals surface area (Å²) in [5.74, 6) is 2.14. The van der Waals surface area contributed by atoms with E-state index in [1.54, 1.807) is 49.3 Å². The van der Waals surface area contributed by atoms with Gasteiger partial charge in [0.2, 0.25) is 0 Å². The monoisotopic (exact) mass is 854 g/mol. The minimum atomic E-state index is -0.0926. The predicted molar refractivity (Wildman–Crippen MR) is 240 cm³/mol. The van der Waals surface area contributed by atoms with Crippen LogP contribution < -0.4 is 23.7 Å². The number of fused-ring (bicyclic) bond motifs is 4. The molecule has 0 unspecified atom stereocenters. The number of carbonyl (C=O) groups excluding carboxylic acids is 2. The van der Waals surface area contributed by atoms with Crippen LogP contribution in [0.4, 0.5) is 11.4 Å². The number of amides is 2. The van der Waals surface area contributed by atoms with Gasteiger partial charge in [-0.1, -0.05) is 44.9 Å². The highest BCUT2D eigenvalue weighted by atomic mass is 33.1. The number of hydrogen-bond acceptors (Lipinski definition) is 13. The summed E-state index contributed by atoms with van der Waals surface area (Å²) in [7, 11) is 8.83. The molecule has 4 aliphatic rings. The van der Waals surface area contributed by atoms with Crippen LogP contribution in [-0.2, 0) is 13.2 Å². The van der Waals surface area contributed by atoms with E-state index in [2.05, 4.69) is 44.2 Å². The molecular weight excluding hydrogens is 801 g/mol. The molecule has 13 nitrogen and oxygen atoms in total. The minimum Gasteiger partial charge on any atom is -0.493 e. The molecule has 2 saturated heterocycles. The van der Waals surface area contributed by atoms with E-state index < -0.39 is 0 Å². The maximum Gasteiger partial charge on any atom is 0.257 e. The summed E-state index contributed by atoms with van der Waals surface area (Å²) in [6, 6.07) is 10.4. The van der Waals surface area contributed by atoms with Gasteiger partial charge in [0.15, 0.2) is 23.0 Å². The van der Waals surface area contributed by atoms with Crippen LogP contribution in [0.2, 0.25) is 0 Å². The van der Waals surface area contributed by atoms with Crippen molar-refractivity contribution < 1.29 is 33.3 Å². The molecule has 4 aliphatic heterocycles. The lowest BCUT2D eigenvalue weighted by molar-refractivity contribution is 0.0769. The fourth-order valence-corrected chi connectivity index (χ4v) is 10.2. The Morgan fingerprint density at radius 3 is 1.72 bits per heavy atom. The molecule has 2 atom stereocenters. The van der Waals surface area contributed by atoms with Crippen molar-refractivity contribution in [2.45, 2.75) is 70.6 Å². The van der Waals surface area contributed by atoms with E-state index in [-0.39, 0.29) is 41.9 Å². The van der Waals surface area contributed by atoms with Gasteiger partial charge in [-0.25, -0.2) is 0 Å². The summed E-state index contributed by atoms with van der Waals surface area (Å²) >= 11 is 0. The molecule has 0 radical (unpaired) electrons. The van der Waals surface area contributed by atoms with E-state index in [1.807, 2.05) is 59.0 Å². The second-order valence-electron chi connectivity index (χ2n) is 15.9. The van der Waals surface area contributed by atoms with Crippen LogP contribution in [-0.4, -0.2) is 121 Å². The number of aromatic nitrogens is 1. The van der Waals surface area contributed by atoms with Crippen LogP contribution in [0.1, 0.15) is 72.6 Å². The molecule has 2 fully saturated rings. The quantitative estimate of drug-likeness (QED) is 0.102. The number of hydrogen-bond donors (Lipinski definition) is 0. The molecule has 0 bridgehead atoms. The first-order chi connectivity index (χ1) is 28.9. The Morgan fingerprint density at radius 2 is 1.27 bits per heavy atom. The zero-order valence-corrected chi connectivity index (χ0v) is 37.3. The molecule has 60 heavy (non-hydrogen) atoms. The number of pyridine rings is 1. The Kier molecular flexibility index (Phi) is 13.5. The van der Waals surface area contributed by atoms with Gasteiger partial charge >= 0.3 is 0 Å². The Balaban J connectivity index is 1.12. The maximum atomic E-state index is 13.7. The van der Waals surface area contributed by atoms with E-state index >= 15 is 0 Å². The van der Waals surface area contributed by atoms with E-state index in [4.69, 9.17) is 38.7 Å². The van der Waals surface area contributed by atoms with Crippen LogP contribution in [0.5, 0.6) is 28.7 Å². The largest absolute Gasteiger partial charge is 0.493 e. The summed E-state index contributed by atoms with van der Waals surface area (Å²) in [6.45, 7) is 11.9. The number of nitrogens with zero attached hydrogens (tertiary/aromatic N) is 6. The molecule has 0 saturated carbocycles. The molecule has 0 spiro atoms. The van der Waals surface area contributed by atoms with E-state index in [1.165, 1.54) is 11.1 Å². The van der Waals surface area contributed by atoms with Crippen molar-refractivity contribution in [2.75, 3.05) is 60.3 Å². The number of ether oxygens (including phenoxy) is 5. The van der Waals surface area contributed by atoms with Gasteiger partial charge in [-0.3, -0.25) is 24.6 Å². The second-order valence-corrected chi connectivity index (χ2v) is 19.0. The molecular formula is C45H54N6O7S2. The summed E-state index contributed by atoms with van der Waals surface area (Å²) < 4.78 is 30.6. The van der Waals surface area contributed by atoms with Crippen LogP contribution in [0, 0.1) is 0 Å². The lowest BCUT2D eigenvalue weighted by Crippen LogP contribution is -2.35. The molecule has 0 N–H and O–H groups in total. The highest BCUT2D eigenvalue weighted by molar-refractivity contribution is 8.77. The predicted octanol–water partition coefficient (Wildman–Crippen LogP) is 8.11. The first-order valence-corrected chi connectivity index (χ1v) is 22.7. The number of carbonyl (C=O) groups is 2. The standard InChI is InChI=1S/C45H54N6O7S2/c1-9-28-13-32-21-46-37-19-41(39(54-6)17-35(37)43(52)50(32)23-28)57-25-30-15-34(56-12-11-49(5)27-45(3,4)60-59-8)16-31(48-30)26-58-42-20-38-36(18-40(42)55-7)44(53)51-24-29(10-2)14-33(51)22-47-38/h9-10,15-22,32-33H,11-14,23-27H2,1-8H3/b28-9+,29-10+/t32-,33-/m0/s1. The lowest BCUT2D eigenvalue weighted by Gasteiger charge is -2.28. The van der Waals surface area contributed by atoms with Crippen LogP contribution in [0.25, 0.3) is 0 Å². The lowest BCUT2D eigenvalue weighted by atomic mass is 10.1. The first kappa shape index (κ1) is 43.1. The molecule has 1 aromatic heterocycles. The first-order valence-electron chi connectivity index (χ1n) is 20.1. The number of methoxy groups -OCH3 is 2. The van der Waals surface area contributed by atoms with Gasteiger partial charge in [-0.05, 0) is 66.0 Å². The maximum absolute atomic E-state index is 13.7. The Morgan fingerprint density at radius 1 is 0.767 bits per heavy atom. The van der Waals surface area contributed by atoms with E-state index in [0.29, 0.717) is 82.3 Å². The molecule has 7 rings (SSSR count). The number of allylic oxidation sites excluding steroid dienone is 2. The zero-order chi connectivity index (χ0) is 42.6. The normalized spacial score (nSPS) is 19.6. The molecule has 318 valence electrons. The summed E-state index contributed by atoms with van der Waals surface area (Å²) in [5, 5.41) is 0. The van der Waals surface area contributed by atoms with E-state index in [0.717, 1.165) is 25.9 Å². The van der Waals surface area contributed by atoms with Gasteiger partial charge in [0.1, 0.15) is 25.6 Å². The van der Waals surface area contributed by atoms with Gasteiger partial charge in [0.05, 0.1) is 60.2 Å². The average Bonchev–Trinajstić information content (AvgIpc) is 3.80. The average molecular weight is 855 g/mol. The van der Waals surface area contributed by atoms with Gasteiger partial charge in [0.25, 0.3) is 11.8 Å². The zero-order valence-electron chi connectivity index (χ0n) is 35.6. The Hall–Kier alpha value is -4.99. The molecule has 0 aliphatic carbocycles.